The number of aromatic nitrogens is 2. The summed E-state index contributed by atoms with van der Waals surface area (Å²) in [6.45, 7) is 0. The molecular formula is C56H37N3O. The molecule has 60 heavy (non-hydrogen) atoms. The SMILES string of the molecule is c1ccc(-c2ccc(N(c3ccc(-c4ccccc4)cc3)c3cc4oc5cccc(-c6cc(-c7ccccc7)nc(-c7ccccc7)n6)c5c4c4ccccc34)cc2)cc1. The Hall–Kier alpha value is -8.08. The van der Waals surface area contributed by atoms with Gasteiger partial charge in [-0.1, -0.05) is 182 Å². The van der Waals surface area contributed by atoms with Crippen LogP contribution < -0.4 is 4.90 Å². The summed E-state index contributed by atoms with van der Waals surface area (Å²) < 4.78 is 6.90. The third-order valence-corrected chi connectivity index (χ3v) is 11.3. The molecule has 0 aliphatic rings. The smallest absolute Gasteiger partial charge is 0.160 e. The summed E-state index contributed by atoms with van der Waals surface area (Å²) in [7, 11) is 0. The molecule has 0 N–H and O–H groups in total. The van der Waals surface area contributed by atoms with Crippen LogP contribution in [0.5, 0.6) is 0 Å². The molecule has 0 fully saturated rings. The molecule has 0 aliphatic carbocycles. The zero-order valence-electron chi connectivity index (χ0n) is 32.6. The van der Waals surface area contributed by atoms with E-state index >= 15 is 0 Å². The molecule has 0 unspecified atom stereocenters. The van der Waals surface area contributed by atoms with Crippen LogP contribution in [0.3, 0.4) is 0 Å². The molecule has 0 atom stereocenters. The van der Waals surface area contributed by atoms with E-state index in [0.29, 0.717) is 5.82 Å². The van der Waals surface area contributed by atoms with Crippen molar-refractivity contribution < 1.29 is 4.42 Å². The normalized spacial score (nSPS) is 11.3. The van der Waals surface area contributed by atoms with Crippen molar-refractivity contribution in [2.45, 2.75) is 0 Å². The highest BCUT2D eigenvalue weighted by atomic mass is 16.3. The lowest BCUT2D eigenvalue weighted by molar-refractivity contribution is 0.669. The van der Waals surface area contributed by atoms with Crippen LogP contribution in [0.15, 0.2) is 229 Å². The predicted octanol–water partition coefficient (Wildman–Crippen LogP) is 15.3. The second kappa shape index (κ2) is 15.0. The first-order chi connectivity index (χ1) is 29.7. The van der Waals surface area contributed by atoms with Gasteiger partial charge in [0.25, 0.3) is 0 Å². The average Bonchev–Trinajstić information content (AvgIpc) is 3.72. The zero-order chi connectivity index (χ0) is 39.8. The lowest BCUT2D eigenvalue weighted by atomic mass is 9.96. The van der Waals surface area contributed by atoms with Crippen LogP contribution in [0, 0.1) is 0 Å². The van der Waals surface area contributed by atoms with E-state index in [4.69, 9.17) is 14.4 Å². The lowest BCUT2D eigenvalue weighted by Crippen LogP contribution is -2.10. The van der Waals surface area contributed by atoms with Gasteiger partial charge in [-0.15, -0.1) is 0 Å². The van der Waals surface area contributed by atoms with Gasteiger partial charge in [-0.3, -0.25) is 0 Å². The monoisotopic (exact) mass is 767 g/mol. The van der Waals surface area contributed by atoms with Crippen molar-refractivity contribution >= 4 is 49.8 Å². The number of anilines is 3. The molecule has 0 spiro atoms. The quantitative estimate of drug-likeness (QED) is 0.154. The number of rotatable bonds is 8. The van der Waals surface area contributed by atoms with E-state index < -0.39 is 0 Å². The molecule has 2 aromatic heterocycles. The second-order valence-electron chi connectivity index (χ2n) is 15.0. The summed E-state index contributed by atoms with van der Waals surface area (Å²) >= 11 is 0. The van der Waals surface area contributed by atoms with Gasteiger partial charge < -0.3 is 9.32 Å². The second-order valence-corrected chi connectivity index (χ2v) is 15.0. The van der Waals surface area contributed by atoms with Gasteiger partial charge in [-0.2, -0.15) is 0 Å². The highest BCUT2D eigenvalue weighted by Gasteiger charge is 2.23. The molecule has 11 rings (SSSR count). The molecule has 4 heteroatoms. The average molecular weight is 768 g/mol. The van der Waals surface area contributed by atoms with E-state index in [-0.39, 0.29) is 0 Å². The number of nitrogens with zero attached hydrogens (tertiary/aromatic N) is 3. The van der Waals surface area contributed by atoms with Gasteiger partial charge in [0.1, 0.15) is 11.2 Å². The van der Waals surface area contributed by atoms with Crippen molar-refractivity contribution in [1.29, 1.82) is 0 Å². The van der Waals surface area contributed by atoms with Crippen molar-refractivity contribution in [3.8, 4) is 56.2 Å². The fourth-order valence-electron chi connectivity index (χ4n) is 8.41. The molecule has 0 amide bonds. The lowest BCUT2D eigenvalue weighted by Gasteiger charge is -2.27. The van der Waals surface area contributed by atoms with Gasteiger partial charge in [0.05, 0.1) is 17.1 Å². The Morgan fingerprint density at radius 3 is 1.40 bits per heavy atom. The minimum Gasteiger partial charge on any atom is -0.456 e. The van der Waals surface area contributed by atoms with E-state index in [0.717, 1.165) is 77.9 Å². The largest absolute Gasteiger partial charge is 0.456 e. The van der Waals surface area contributed by atoms with Gasteiger partial charge in [-0.05, 0) is 64.0 Å². The zero-order valence-corrected chi connectivity index (χ0v) is 32.6. The number of benzene rings is 9. The minimum absolute atomic E-state index is 0.677. The van der Waals surface area contributed by atoms with Crippen molar-refractivity contribution in [3.05, 3.63) is 224 Å². The van der Waals surface area contributed by atoms with Crippen LogP contribution in [0.4, 0.5) is 17.1 Å². The predicted molar refractivity (Wildman–Crippen MR) is 249 cm³/mol. The Kier molecular flexibility index (Phi) is 8.79. The minimum atomic E-state index is 0.677. The molecule has 0 bridgehead atoms. The first kappa shape index (κ1) is 35.1. The molecule has 4 nitrogen and oxygen atoms in total. The molecule has 282 valence electrons. The number of furan rings is 1. The molecule has 9 aromatic carbocycles. The van der Waals surface area contributed by atoms with Crippen LogP contribution in [-0.4, -0.2) is 9.97 Å². The van der Waals surface area contributed by atoms with E-state index in [1.165, 1.54) is 22.3 Å². The fraction of sp³-hybridized carbons (Fsp3) is 0. The van der Waals surface area contributed by atoms with Crippen LogP contribution in [-0.2, 0) is 0 Å². The van der Waals surface area contributed by atoms with Crippen molar-refractivity contribution in [2.24, 2.45) is 0 Å². The van der Waals surface area contributed by atoms with Gasteiger partial charge >= 0.3 is 0 Å². The Morgan fingerprint density at radius 1 is 0.333 bits per heavy atom. The summed E-state index contributed by atoms with van der Waals surface area (Å²) in [5.41, 5.74) is 14.1. The molecule has 0 radical (unpaired) electrons. The van der Waals surface area contributed by atoms with E-state index in [9.17, 15) is 0 Å². The van der Waals surface area contributed by atoms with Crippen LogP contribution >= 0.6 is 0 Å². The third-order valence-electron chi connectivity index (χ3n) is 11.3. The summed E-state index contributed by atoms with van der Waals surface area (Å²) in [6, 6.07) is 78.5. The fourth-order valence-corrected chi connectivity index (χ4v) is 8.41. The maximum absolute atomic E-state index is 6.90. The maximum Gasteiger partial charge on any atom is 0.160 e. The summed E-state index contributed by atoms with van der Waals surface area (Å²) in [4.78, 5) is 12.7. The number of hydrogen-bond acceptors (Lipinski definition) is 4. The highest BCUT2D eigenvalue weighted by molar-refractivity contribution is 6.25. The first-order valence-electron chi connectivity index (χ1n) is 20.2. The van der Waals surface area contributed by atoms with E-state index in [2.05, 4.69) is 193 Å². The van der Waals surface area contributed by atoms with Crippen LogP contribution in [0.2, 0.25) is 0 Å². The molecule has 0 aliphatic heterocycles. The standard InChI is InChI=1S/C56H37N3O/c1-5-16-38(17-6-1)40-28-32-44(33-29-40)59(45-34-30-41(31-35-45)39-18-7-2-8-19-39)51-37-53-54(47-25-14-13-24-46(47)51)55-48(26-15-27-52(55)60-53)50-36-49(42-20-9-3-10-21-42)57-56(58-50)43-22-11-4-12-23-43/h1-37H. The Balaban J connectivity index is 1.12. The third kappa shape index (κ3) is 6.37. The van der Waals surface area contributed by atoms with E-state index in [1.807, 2.05) is 36.4 Å². The summed E-state index contributed by atoms with van der Waals surface area (Å²) in [5, 5.41) is 4.29. The summed E-state index contributed by atoms with van der Waals surface area (Å²) in [5.74, 6) is 0.677. The van der Waals surface area contributed by atoms with Crippen molar-refractivity contribution in [3.63, 3.8) is 0 Å². The molecule has 2 heterocycles. The topological polar surface area (TPSA) is 42.2 Å². The molecule has 11 aromatic rings. The summed E-state index contributed by atoms with van der Waals surface area (Å²) in [6.07, 6.45) is 0. The van der Waals surface area contributed by atoms with Gasteiger partial charge in [0, 0.05) is 50.3 Å². The maximum atomic E-state index is 6.90. The van der Waals surface area contributed by atoms with Crippen molar-refractivity contribution in [1.82, 2.24) is 9.97 Å². The molecule has 0 saturated heterocycles. The highest BCUT2D eigenvalue weighted by Crippen LogP contribution is 2.47. The van der Waals surface area contributed by atoms with Crippen LogP contribution in [0.1, 0.15) is 0 Å². The first-order valence-corrected chi connectivity index (χ1v) is 20.2. The number of hydrogen-bond donors (Lipinski definition) is 0. The molecular weight excluding hydrogens is 731 g/mol. The molecule has 0 saturated carbocycles. The van der Waals surface area contributed by atoms with Crippen molar-refractivity contribution in [2.75, 3.05) is 4.90 Å². The Bertz CT molecular complexity index is 3130. The van der Waals surface area contributed by atoms with Crippen LogP contribution in [0.25, 0.3) is 88.9 Å². The van der Waals surface area contributed by atoms with E-state index in [1.54, 1.807) is 0 Å². The van der Waals surface area contributed by atoms with Gasteiger partial charge in [0.2, 0.25) is 0 Å². The number of fused-ring (bicyclic) bond motifs is 5. The van der Waals surface area contributed by atoms with Gasteiger partial charge in [0.15, 0.2) is 5.82 Å². The van der Waals surface area contributed by atoms with Gasteiger partial charge in [-0.25, -0.2) is 9.97 Å². The Labute approximate surface area is 348 Å². The Morgan fingerprint density at radius 2 is 0.817 bits per heavy atom.